The van der Waals surface area contributed by atoms with Crippen LogP contribution in [0.3, 0.4) is 0 Å². The Morgan fingerprint density at radius 2 is 1.73 bits per heavy atom. The second-order valence-corrected chi connectivity index (χ2v) is 8.82. The van der Waals surface area contributed by atoms with Crippen molar-refractivity contribution in [1.29, 1.82) is 0 Å². The number of hydrogen-bond donors (Lipinski definition) is 1. The van der Waals surface area contributed by atoms with Gasteiger partial charge in [0.1, 0.15) is 0 Å². The van der Waals surface area contributed by atoms with E-state index >= 15 is 0 Å². The van der Waals surface area contributed by atoms with Crippen LogP contribution in [0.2, 0.25) is 0 Å². The second kappa shape index (κ2) is 9.18. The van der Waals surface area contributed by atoms with Crippen LogP contribution in [0.15, 0.2) is 47.4 Å². The number of benzene rings is 2. The SMILES string of the molecule is CCN(CC)S(=O)(=O)c1ccc(C)c(C(=O)NC(C)c2cccc(C(F)(F)F)c2)c1. The van der Waals surface area contributed by atoms with E-state index in [2.05, 4.69) is 5.32 Å². The van der Waals surface area contributed by atoms with Crippen LogP contribution in [0.25, 0.3) is 0 Å². The van der Waals surface area contributed by atoms with Crippen molar-refractivity contribution < 1.29 is 26.4 Å². The van der Waals surface area contributed by atoms with Gasteiger partial charge >= 0.3 is 6.18 Å². The van der Waals surface area contributed by atoms with E-state index in [0.29, 0.717) is 24.2 Å². The van der Waals surface area contributed by atoms with Crippen molar-refractivity contribution >= 4 is 15.9 Å². The van der Waals surface area contributed by atoms with E-state index in [1.807, 2.05) is 0 Å². The lowest BCUT2D eigenvalue weighted by molar-refractivity contribution is -0.137. The molecule has 0 bridgehead atoms. The zero-order chi connectivity index (χ0) is 22.7. The van der Waals surface area contributed by atoms with Gasteiger partial charge in [0.2, 0.25) is 10.0 Å². The van der Waals surface area contributed by atoms with Crippen LogP contribution in [-0.2, 0) is 16.2 Å². The predicted octanol–water partition coefficient (Wildman–Crippen LogP) is 4.54. The first-order chi connectivity index (χ1) is 13.9. The zero-order valence-corrected chi connectivity index (χ0v) is 18.1. The highest BCUT2D eigenvalue weighted by Gasteiger charge is 2.31. The third-order valence-electron chi connectivity index (χ3n) is 4.86. The van der Waals surface area contributed by atoms with Crippen molar-refractivity contribution in [2.75, 3.05) is 13.1 Å². The number of amides is 1. The second-order valence-electron chi connectivity index (χ2n) is 6.88. The third kappa shape index (κ3) is 5.20. The van der Waals surface area contributed by atoms with Crippen molar-refractivity contribution in [2.24, 2.45) is 0 Å². The maximum Gasteiger partial charge on any atom is 0.416 e. The number of carbonyl (C=O) groups is 1. The molecule has 164 valence electrons. The van der Waals surface area contributed by atoms with Gasteiger partial charge in [-0.2, -0.15) is 17.5 Å². The van der Waals surface area contributed by atoms with Gasteiger partial charge in [0.05, 0.1) is 16.5 Å². The van der Waals surface area contributed by atoms with Gasteiger partial charge in [-0.3, -0.25) is 4.79 Å². The minimum atomic E-state index is -4.48. The maximum atomic E-state index is 12.9. The molecule has 0 aliphatic heterocycles. The Kier molecular flexibility index (Phi) is 7.31. The minimum Gasteiger partial charge on any atom is -0.346 e. The quantitative estimate of drug-likeness (QED) is 0.685. The molecule has 1 unspecified atom stereocenters. The molecule has 2 aromatic carbocycles. The number of alkyl halides is 3. The number of halogens is 3. The fourth-order valence-electron chi connectivity index (χ4n) is 3.06. The number of aryl methyl sites for hydroxylation is 1. The van der Waals surface area contributed by atoms with Crippen molar-refractivity contribution in [2.45, 2.75) is 44.8 Å². The molecular weight excluding hydrogens is 417 g/mol. The topological polar surface area (TPSA) is 66.5 Å². The average Bonchev–Trinajstić information content (AvgIpc) is 2.68. The molecule has 30 heavy (non-hydrogen) atoms. The normalized spacial score (nSPS) is 13.3. The standard InChI is InChI=1S/C21H25F3N2O3S/c1-5-26(6-2)30(28,29)18-11-10-14(3)19(13-18)20(27)25-15(4)16-8-7-9-17(12-16)21(22,23)24/h7-13,15H,5-6H2,1-4H3,(H,25,27). The molecule has 1 N–H and O–H groups in total. The summed E-state index contributed by atoms with van der Waals surface area (Å²) in [6.07, 6.45) is -4.48. The molecule has 0 spiro atoms. The van der Waals surface area contributed by atoms with Gasteiger partial charge in [0.25, 0.3) is 5.91 Å². The Labute approximate surface area is 175 Å². The predicted molar refractivity (Wildman–Crippen MR) is 109 cm³/mol. The Balaban J connectivity index is 2.31. The molecule has 0 aliphatic rings. The first kappa shape index (κ1) is 23.9. The smallest absolute Gasteiger partial charge is 0.346 e. The Morgan fingerprint density at radius 3 is 2.30 bits per heavy atom. The van der Waals surface area contributed by atoms with Crippen molar-refractivity contribution in [3.05, 3.63) is 64.7 Å². The maximum absolute atomic E-state index is 12.9. The Hall–Kier alpha value is -2.39. The van der Waals surface area contributed by atoms with E-state index in [-0.39, 0.29) is 10.5 Å². The van der Waals surface area contributed by atoms with E-state index in [9.17, 15) is 26.4 Å². The van der Waals surface area contributed by atoms with Crippen LogP contribution in [0, 0.1) is 6.92 Å². The minimum absolute atomic E-state index is 0.00586. The third-order valence-corrected chi connectivity index (χ3v) is 6.90. The van der Waals surface area contributed by atoms with E-state index in [1.165, 1.54) is 28.6 Å². The molecule has 0 saturated heterocycles. The molecule has 0 heterocycles. The fraction of sp³-hybridized carbons (Fsp3) is 0.381. The largest absolute Gasteiger partial charge is 0.416 e. The molecule has 0 aliphatic carbocycles. The van der Waals surface area contributed by atoms with E-state index in [4.69, 9.17) is 0 Å². The van der Waals surface area contributed by atoms with E-state index < -0.39 is 33.7 Å². The Morgan fingerprint density at radius 1 is 1.10 bits per heavy atom. The number of nitrogens with one attached hydrogen (secondary N) is 1. The van der Waals surface area contributed by atoms with Crippen molar-refractivity contribution in [1.82, 2.24) is 9.62 Å². The van der Waals surface area contributed by atoms with Crippen LogP contribution >= 0.6 is 0 Å². The lowest BCUT2D eigenvalue weighted by Gasteiger charge is -2.20. The molecule has 0 radical (unpaired) electrons. The lowest BCUT2D eigenvalue weighted by atomic mass is 10.0. The molecule has 1 amide bonds. The summed E-state index contributed by atoms with van der Waals surface area (Å²) in [6, 6.07) is 8.30. The van der Waals surface area contributed by atoms with E-state index in [0.717, 1.165) is 12.1 Å². The van der Waals surface area contributed by atoms with Gasteiger partial charge in [-0.15, -0.1) is 0 Å². The molecule has 5 nitrogen and oxygen atoms in total. The van der Waals surface area contributed by atoms with Gasteiger partial charge < -0.3 is 5.32 Å². The van der Waals surface area contributed by atoms with Gasteiger partial charge in [-0.25, -0.2) is 8.42 Å². The molecule has 0 aromatic heterocycles. The summed E-state index contributed by atoms with van der Waals surface area (Å²) in [6.45, 7) is 7.26. The molecular formula is C21H25F3N2O3S. The van der Waals surface area contributed by atoms with Gasteiger partial charge in [0.15, 0.2) is 0 Å². The highest BCUT2D eigenvalue weighted by molar-refractivity contribution is 7.89. The molecule has 2 rings (SSSR count). The first-order valence-electron chi connectivity index (χ1n) is 9.50. The lowest BCUT2D eigenvalue weighted by Crippen LogP contribution is -2.31. The van der Waals surface area contributed by atoms with Crippen molar-refractivity contribution in [3.8, 4) is 0 Å². The van der Waals surface area contributed by atoms with E-state index in [1.54, 1.807) is 33.8 Å². The average molecular weight is 443 g/mol. The highest BCUT2D eigenvalue weighted by atomic mass is 32.2. The molecule has 0 saturated carbocycles. The summed E-state index contributed by atoms with van der Waals surface area (Å²) in [5.41, 5.74) is 0.205. The number of carbonyl (C=O) groups excluding carboxylic acids is 1. The van der Waals surface area contributed by atoms with Crippen LogP contribution < -0.4 is 5.32 Å². The molecule has 2 aromatic rings. The zero-order valence-electron chi connectivity index (χ0n) is 17.2. The summed E-state index contributed by atoms with van der Waals surface area (Å²) in [7, 11) is -3.75. The fourth-order valence-corrected chi connectivity index (χ4v) is 4.55. The molecule has 9 heteroatoms. The Bertz CT molecular complexity index is 1020. The first-order valence-corrected chi connectivity index (χ1v) is 10.9. The van der Waals surface area contributed by atoms with Gasteiger partial charge in [-0.1, -0.05) is 32.0 Å². The van der Waals surface area contributed by atoms with Crippen LogP contribution in [0.4, 0.5) is 13.2 Å². The number of nitrogens with zero attached hydrogens (tertiary/aromatic N) is 1. The summed E-state index contributed by atoms with van der Waals surface area (Å²) in [4.78, 5) is 12.8. The highest BCUT2D eigenvalue weighted by Crippen LogP contribution is 2.31. The summed E-state index contributed by atoms with van der Waals surface area (Å²) in [5.74, 6) is -0.561. The summed E-state index contributed by atoms with van der Waals surface area (Å²) >= 11 is 0. The van der Waals surface area contributed by atoms with Gasteiger partial charge in [0, 0.05) is 18.7 Å². The van der Waals surface area contributed by atoms with Crippen LogP contribution in [0.5, 0.6) is 0 Å². The number of sulfonamides is 1. The number of hydrogen-bond acceptors (Lipinski definition) is 3. The van der Waals surface area contributed by atoms with Gasteiger partial charge in [-0.05, 0) is 49.2 Å². The molecule has 0 fully saturated rings. The summed E-state index contributed by atoms with van der Waals surface area (Å²) < 4.78 is 65.6. The monoisotopic (exact) mass is 442 g/mol. The molecule has 1 atom stereocenters. The van der Waals surface area contributed by atoms with Crippen molar-refractivity contribution in [3.63, 3.8) is 0 Å². The number of rotatable bonds is 7. The van der Waals surface area contributed by atoms with Crippen LogP contribution in [-0.4, -0.2) is 31.7 Å². The summed E-state index contributed by atoms with van der Waals surface area (Å²) in [5, 5.41) is 2.65. The van der Waals surface area contributed by atoms with Crippen LogP contribution in [0.1, 0.15) is 53.9 Å².